The number of nitrogens with one attached hydrogen (secondary N) is 1. The molecule has 0 fully saturated rings. The first-order valence-corrected chi connectivity index (χ1v) is 9.08. The van der Waals surface area contributed by atoms with E-state index in [1.807, 2.05) is 56.3 Å². The van der Waals surface area contributed by atoms with Crippen molar-refractivity contribution in [2.45, 2.75) is 46.6 Å². The lowest BCUT2D eigenvalue weighted by atomic mass is 10.0. The van der Waals surface area contributed by atoms with Gasteiger partial charge in [-0.3, -0.25) is 4.79 Å². The molecule has 1 atom stereocenters. The quantitative estimate of drug-likeness (QED) is 0.736. The molecule has 5 nitrogen and oxygen atoms in total. The molecule has 0 heterocycles. The van der Waals surface area contributed by atoms with E-state index in [0.717, 1.165) is 22.4 Å². The zero-order valence-corrected chi connectivity index (χ0v) is 16.5. The summed E-state index contributed by atoms with van der Waals surface area (Å²) >= 11 is 0. The third-order valence-electron chi connectivity index (χ3n) is 4.29. The molecular weight excluding hydrogens is 342 g/mol. The molecule has 144 valence electrons. The first kappa shape index (κ1) is 20.5. The van der Waals surface area contributed by atoms with Gasteiger partial charge in [0.15, 0.2) is 12.7 Å². The highest BCUT2D eigenvalue weighted by Gasteiger charge is 2.20. The summed E-state index contributed by atoms with van der Waals surface area (Å²) in [4.78, 5) is 24.4. The van der Waals surface area contributed by atoms with Crippen LogP contribution >= 0.6 is 0 Å². The van der Waals surface area contributed by atoms with Crippen LogP contribution in [-0.4, -0.2) is 24.6 Å². The largest absolute Gasteiger partial charge is 0.482 e. The van der Waals surface area contributed by atoms with Gasteiger partial charge in [0.25, 0.3) is 5.91 Å². The van der Waals surface area contributed by atoms with Gasteiger partial charge in [0.2, 0.25) is 0 Å². The van der Waals surface area contributed by atoms with E-state index in [1.54, 1.807) is 6.92 Å². The number of ether oxygens (including phenoxy) is 2. The van der Waals surface area contributed by atoms with Crippen LogP contribution in [0, 0.1) is 13.8 Å². The fraction of sp³-hybridized carbons (Fsp3) is 0.364. The SMILES string of the molecule is Cc1cccc(C)c1NC(=O)[C@@H](C)OC(=O)COc1ccccc1C(C)C. The Balaban J connectivity index is 1.91. The Hall–Kier alpha value is -2.82. The van der Waals surface area contributed by atoms with Gasteiger partial charge in [-0.05, 0) is 49.4 Å². The van der Waals surface area contributed by atoms with Crippen molar-refractivity contribution < 1.29 is 19.1 Å². The maximum Gasteiger partial charge on any atom is 0.344 e. The molecule has 0 aliphatic heterocycles. The number of amides is 1. The average molecular weight is 369 g/mol. The first-order valence-electron chi connectivity index (χ1n) is 9.08. The van der Waals surface area contributed by atoms with Crippen LogP contribution in [-0.2, 0) is 14.3 Å². The van der Waals surface area contributed by atoms with Gasteiger partial charge < -0.3 is 14.8 Å². The van der Waals surface area contributed by atoms with Gasteiger partial charge in [-0.2, -0.15) is 0 Å². The van der Waals surface area contributed by atoms with Crippen molar-refractivity contribution in [3.05, 3.63) is 59.2 Å². The predicted molar refractivity (Wildman–Crippen MR) is 106 cm³/mol. The highest BCUT2D eigenvalue weighted by atomic mass is 16.6. The number of para-hydroxylation sites is 2. The van der Waals surface area contributed by atoms with Gasteiger partial charge in [0.05, 0.1) is 0 Å². The van der Waals surface area contributed by atoms with Crippen LogP contribution in [0.3, 0.4) is 0 Å². The van der Waals surface area contributed by atoms with E-state index < -0.39 is 12.1 Å². The van der Waals surface area contributed by atoms with Gasteiger partial charge in [-0.15, -0.1) is 0 Å². The van der Waals surface area contributed by atoms with E-state index in [2.05, 4.69) is 19.2 Å². The molecule has 27 heavy (non-hydrogen) atoms. The smallest absolute Gasteiger partial charge is 0.344 e. The number of benzene rings is 2. The van der Waals surface area contributed by atoms with Crippen LogP contribution in [0.1, 0.15) is 43.4 Å². The molecule has 0 saturated carbocycles. The number of carbonyl (C=O) groups is 2. The van der Waals surface area contributed by atoms with Crippen LogP contribution in [0.4, 0.5) is 5.69 Å². The van der Waals surface area contributed by atoms with E-state index in [0.29, 0.717) is 5.75 Å². The van der Waals surface area contributed by atoms with Crippen LogP contribution in [0.25, 0.3) is 0 Å². The third-order valence-corrected chi connectivity index (χ3v) is 4.29. The van der Waals surface area contributed by atoms with Crippen molar-refractivity contribution in [2.24, 2.45) is 0 Å². The minimum Gasteiger partial charge on any atom is -0.482 e. The maximum absolute atomic E-state index is 12.3. The molecule has 2 aromatic rings. The van der Waals surface area contributed by atoms with Gasteiger partial charge in [-0.25, -0.2) is 4.79 Å². The number of rotatable bonds is 7. The fourth-order valence-corrected chi connectivity index (χ4v) is 2.75. The summed E-state index contributed by atoms with van der Waals surface area (Å²) in [7, 11) is 0. The second kappa shape index (κ2) is 9.21. The number of hydrogen-bond donors (Lipinski definition) is 1. The van der Waals surface area contributed by atoms with Crippen LogP contribution in [0.5, 0.6) is 5.75 Å². The van der Waals surface area contributed by atoms with Crippen molar-refractivity contribution in [1.29, 1.82) is 0 Å². The van der Waals surface area contributed by atoms with Gasteiger partial charge in [-0.1, -0.05) is 50.2 Å². The van der Waals surface area contributed by atoms with E-state index in [1.165, 1.54) is 0 Å². The van der Waals surface area contributed by atoms with Gasteiger partial charge >= 0.3 is 5.97 Å². The minimum atomic E-state index is -0.916. The monoisotopic (exact) mass is 369 g/mol. The number of carbonyl (C=O) groups excluding carboxylic acids is 2. The highest BCUT2D eigenvalue weighted by Crippen LogP contribution is 2.25. The Bertz CT molecular complexity index is 793. The fourth-order valence-electron chi connectivity index (χ4n) is 2.75. The summed E-state index contributed by atoms with van der Waals surface area (Å²) in [5.41, 5.74) is 3.67. The average Bonchev–Trinajstić information content (AvgIpc) is 2.63. The number of hydrogen-bond acceptors (Lipinski definition) is 4. The standard InChI is InChI=1S/C22H27NO4/c1-14(2)18-11-6-7-12-19(18)26-13-20(24)27-17(5)22(25)23-21-15(3)9-8-10-16(21)4/h6-12,14,17H,13H2,1-5H3,(H,23,25)/t17-/m1/s1. The molecule has 2 rings (SSSR count). The molecule has 2 aromatic carbocycles. The normalized spacial score (nSPS) is 11.8. The number of esters is 1. The topological polar surface area (TPSA) is 64.6 Å². The summed E-state index contributed by atoms with van der Waals surface area (Å²) in [6, 6.07) is 13.3. The lowest BCUT2D eigenvalue weighted by molar-refractivity contribution is -0.155. The summed E-state index contributed by atoms with van der Waals surface area (Å²) in [5.74, 6) is -0.0302. The van der Waals surface area contributed by atoms with E-state index >= 15 is 0 Å². The zero-order valence-electron chi connectivity index (χ0n) is 16.5. The molecule has 1 amide bonds. The zero-order chi connectivity index (χ0) is 20.0. The van der Waals surface area contributed by atoms with Crippen molar-refractivity contribution in [2.75, 3.05) is 11.9 Å². The molecule has 0 spiro atoms. The van der Waals surface area contributed by atoms with Crippen molar-refractivity contribution >= 4 is 17.6 Å². The molecule has 0 saturated heterocycles. The van der Waals surface area contributed by atoms with Crippen LogP contribution in [0.2, 0.25) is 0 Å². The number of aryl methyl sites for hydroxylation is 2. The van der Waals surface area contributed by atoms with E-state index in [4.69, 9.17) is 9.47 Å². The molecule has 0 aliphatic rings. The molecule has 0 aliphatic carbocycles. The summed E-state index contributed by atoms with van der Waals surface area (Å²) < 4.78 is 10.8. The second-order valence-corrected chi connectivity index (χ2v) is 6.87. The molecule has 0 radical (unpaired) electrons. The Morgan fingerprint density at radius 1 is 0.963 bits per heavy atom. The molecule has 0 bridgehead atoms. The van der Waals surface area contributed by atoms with Crippen LogP contribution in [0.15, 0.2) is 42.5 Å². The van der Waals surface area contributed by atoms with Gasteiger partial charge in [0.1, 0.15) is 5.75 Å². The molecule has 0 unspecified atom stereocenters. The van der Waals surface area contributed by atoms with Crippen molar-refractivity contribution in [3.63, 3.8) is 0 Å². The lowest BCUT2D eigenvalue weighted by Crippen LogP contribution is -2.32. The van der Waals surface area contributed by atoms with E-state index in [-0.39, 0.29) is 18.4 Å². The van der Waals surface area contributed by atoms with Crippen molar-refractivity contribution in [3.8, 4) is 5.75 Å². The molecule has 0 aromatic heterocycles. The molecular formula is C22H27NO4. The molecule has 1 N–H and O–H groups in total. The molecule has 5 heteroatoms. The predicted octanol–water partition coefficient (Wildman–Crippen LogP) is 4.38. The Morgan fingerprint density at radius 3 is 2.22 bits per heavy atom. The maximum atomic E-state index is 12.3. The third kappa shape index (κ3) is 5.58. The highest BCUT2D eigenvalue weighted by molar-refractivity contribution is 5.96. The Morgan fingerprint density at radius 2 is 1.59 bits per heavy atom. The van der Waals surface area contributed by atoms with Crippen molar-refractivity contribution in [1.82, 2.24) is 0 Å². The summed E-state index contributed by atoms with van der Waals surface area (Å²) in [5, 5.41) is 2.82. The minimum absolute atomic E-state index is 0.245. The first-order chi connectivity index (χ1) is 12.8. The lowest BCUT2D eigenvalue weighted by Gasteiger charge is -2.17. The number of anilines is 1. The van der Waals surface area contributed by atoms with Gasteiger partial charge in [0, 0.05) is 5.69 Å². The Kier molecular flexibility index (Phi) is 6.99. The van der Waals surface area contributed by atoms with E-state index in [9.17, 15) is 9.59 Å². The Labute approximate surface area is 160 Å². The summed E-state index contributed by atoms with van der Waals surface area (Å²) in [6.07, 6.45) is -0.916. The second-order valence-electron chi connectivity index (χ2n) is 6.87. The summed E-state index contributed by atoms with van der Waals surface area (Å²) in [6.45, 7) is 9.24. The van der Waals surface area contributed by atoms with Crippen LogP contribution < -0.4 is 10.1 Å².